The molecule has 10 heteroatoms. The molecule has 3 aromatic rings. The highest BCUT2D eigenvalue weighted by Gasteiger charge is 2.30. The second-order valence-corrected chi connectivity index (χ2v) is 6.98. The Hall–Kier alpha value is -3.07. The molecule has 0 N–H and O–H groups in total. The number of amides is 1. The van der Waals surface area contributed by atoms with E-state index in [0.717, 1.165) is 16.8 Å². The summed E-state index contributed by atoms with van der Waals surface area (Å²) in [6, 6.07) is 10.7. The van der Waals surface area contributed by atoms with Crippen molar-refractivity contribution in [2.24, 2.45) is 0 Å². The zero-order chi connectivity index (χ0) is 20.8. The molecule has 1 aliphatic heterocycles. The van der Waals surface area contributed by atoms with Gasteiger partial charge in [-0.2, -0.15) is 17.9 Å². The van der Waals surface area contributed by atoms with Crippen molar-refractivity contribution in [3.63, 3.8) is 0 Å². The molecular formula is C19H14ClF3N4O2. The van der Waals surface area contributed by atoms with Gasteiger partial charge in [-0.3, -0.25) is 9.36 Å². The van der Waals surface area contributed by atoms with Gasteiger partial charge < -0.3 is 4.90 Å². The summed E-state index contributed by atoms with van der Waals surface area (Å²) in [6.07, 6.45) is -4.46. The Kier molecular flexibility index (Phi) is 4.70. The summed E-state index contributed by atoms with van der Waals surface area (Å²) in [5, 5.41) is 4.66. The predicted octanol–water partition coefficient (Wildman–Crippen LogP) is 3.36. The molecule has 29 heavy (non-hydrogen) atoms. The van der Waals surface area contributed by atoms with Gasteiger partial charge in [0.2, 0.25) is 0 Å². The largest absolute Gasteiger partial charge is 0.416 e. The van der Waals surface area contributed by atoms with Crippen LogP contribution < -0.4 is 5.69 Å². The quantitative estimate of drug-likeness (QED) is 0.636. The van der Waals surface area contributed by atoms with E-state index in [1.165, 1.54) is 16.7 Å². The maximum Gasteiger partial charge on any atom is 0.416 e. The summed E-state index contributed by atoms with van der Waals surface area (Å²) in [5.41, 5.74) is -0.626. The first-order chi connectivity index (χ1) is 13.7. The van der Waals surface area contributed by atoms with Gasteiger partial charge in [0.25, 0.3) is 5.91 Å². The van der Waals surface area contributed by atoms with Crippen LogP contribution in [0.1, 0.15) is 21.7 Å². The summed E-state index contributed by atoms with van der Waals surface area (Å²) in [4.78, 5) is 26.8. The molecule has 0 bridgehead atoms. The number of benzene rings is 2. The van der Waals surface area contributed by atoms with Gasteiger partial charge in [0.1, 0.15) is 0 Å². The number of halogens is 4. The molecule has 1 amide bonds. The Labute approximate surface area is 167 Å². The molecule has 6 nitrogen and oxygen atoms in total. The fourth-order valence-electron chi connectivity index (χ4n) is 3.19. The number of alkyl halides is 3. The van der Waals surface area contributed by atoms with Gasteiger partial charge in [-0.05, 0) is 42.5 Å². The molecule has 150 valence electrons. The minimum Gasteiger partial charge on any atom is -0.329 e. The summed E-state index contributed by atoms with van der Waals surface area (Å²) in [5.74, 6) is 0.117. The minimum absolute atomic E-state index is 0.105. The maximum absolute atomic E-state index is 12.7. The molecule has 4 rings (SSSR count). The predicted molar refractivity (Wildman–Crippen MR) is 99.0 cm³/mol. The highest BCUT2D eigenvalue weighted by atomic mass is 35.5. The Morgan fingerprint density at radius 2 is 1.79 bits per heavy atom. The Balaban J connectivity index is 1.61. The van der Waals surface area contributed by atoms with Gasteiger partial charge in [0.15, 0.2) is 5.82 Å². The molecule has 0 spiro atoms. The Morgan fingerprint density at radius 1 is 1.07 bits per heavy atom. The van der Waals surface area contributed by atoms with Crippen LogP contribution in [0.4, 0.5) is 13.2 Å². The summed E-state index contributed by atoms with van der Waals surface area (Å²) < 4.78 is 40.7. The normalized spacial score (nSPS) is 14.0. The van der Waals surface area contributed by atoms with Gasteiger partial charge in [-0.15, -0.1) is 5.10 Å². The SMILES string of the molecule is O=C(c1cccc(Cl)c1)N1CCn2c(nn(-c3ccc(C(F)(F)F)cc3)c2=O)C1. The van der Waals surface area contributed by atoms with Crippen LogP contribution in [0.5, 0.6) is 0 Å². The van der Waals surface area contributed by atoms with Gasteiger partial charge in [-0.25, -0.2) is 4.79 Å². The lowest BCUT2D eigenvalue weighted by atomic mass is 10.2. The van der Waals surface area contributed by atoms with E-state index < -0.39 is 17.4 Å². The van der Waals surface area contributed by atoms with Crippen LogP contribution in [0.3, 0.4) is 0 Å². The monoisotopic (exact) mass is 422 g/mol. The fourth-order valence-corrected chi connectivity index (χ4v) is 3.38. The second-order valence-electron chi connectivity index (χ2n) is 6.54. The van der Waals surface area contributed by atoms with E-state index in [1.807, 2.05) is 0 Å². The van der Waals surface area contributed by atoms with E-state index in [0.29, 0.717) is 23.0 Å². The van der Waals surface area contributed by atoms with Crippen LogP contribution in [0.25, 0.3) is 5.69 Å². The number of carbonyl (C=O) groups excluding carboxylic acids is 1. The number of nitrogens with zero attached hydrogens (tertiary/aromatic N) is 4. The molecule has 2 heterocycles. The van der Waals surface area contributed by atoms with E-state index in [2.05, 4.69) is 5.10 Å². The van der Waals surface area contributed by atoms with Crippen molar-refractivity contribution in [3.05, 3.63) is 81.0 Å². The molecule has 0 unspecified atom stereocenters. The van der Waals surface area contributed by atoms with Gasteiger partial charge in [0.05, 0.1) is 17.8 Å². The first-order valence-corrected chi connectivity index (χ1v) is 9.03. The smallest absolute Gasteiger partial charge is 0.329 e. The summed E-state index contributed by atoms with van der Waals surface area (Å²) >= 11 is 5.94. The standard InChI is InChI=1S/C19H14ClF3N4O2/c20-14-3-1-2-12(10-14)17(28)25-8-9-26-16(11-25)24-27(18(26)29)15-6-4-13(5-7-15)19(21,22)23/h1-7,10H,8-9,11H2. The third-order valence-electron chi connectivity index (χ3n) is 4.66. The Morgan fingerprint density at radius 3 is 2.45 bits per heavy atom. The third-order valence-corrected chi connectivity index (χ3v) is 4.90. The fraction of sp³-hybridized carbons (Fsp3) is 0.211. The van der Waals surface area contributed by atoms with E-state index in [4.69, 9.17) is 11.6 Å². The van der Waals surface area contributed by atoms with Crippen LogP contribution >= 0.6 is 11.6 Å². The van der Waals surface area contributed by atoms with Crippen molar-refractivity contribution < 1.29 is 18.0 Å². The molecule has 0 saturated heterocycles. The number of rotatable bonds is 2. The molecule has 1 aromatic heterocycles. The molecule has 1 aliphatic rings. The first-order valence-electron chi connectivity index (χ1n) is 8.65. The molecule has 0 saturated carbocycles. The van der Waals surface area contributed by atoms with Gasteiger partial charge in [-0.1, -0.05) is 17.7 Å². The number of fused-ring (bicyclic) bond motifs is 1. The van der Waals surface area contributed by atoms with E-state index in [9.17, 15) is 22.8 Å². The minimum atomic E-state index is -4.46. The average molecular weight is 423 g/mol. The van der Waals surface area contributed by atoms with Crippen molar-refractivity contribution >= 4 is 17.5 Å². The van der Waals surface area contributed by atoms with Crippen molar-refractivity contribution in [2.45, 2.75) is 19.3 Å². The van der Waals surface area contributed by atoms with Crippen molar-refractivity contribution in [1.29, 1.82) is 0 Å². The van der Waals surface area contributed by atoms with E-state index in [-0.39, 0.29) is 24.7 Å². The number of aromatic nitrogens is 3. The van der Waals surface area contributed by atoms with Crippen molar-refractivity contribution in [1.82, 2.24) is 19.2 Å². The lowest BCUT2D eigenvalue weighted by Gasteiger charge is -2.26. The molecule has 0 fully saturated rings. The van der Waals surface area contributed by atoms with Crippen LogP contribution in [-0.2, 0) is 19.3 Å². The number of hydrogen-bond donors (Lipinski definition) is 0. The highest BCUT2D eigenvalue weighted by molar-refractivity contribution is 6.30. The molecule has 0 radical (unpaired) electrons. The lowest BCUT2D eigenvalue weighted by Crippen LogP contribution is -2.40. The zero-order valence-corrected chi connectivity index (χ0v) is 15.6. The number of hydrogen-bond acceptors (Lipinski definition) is 3. The summed E-state index contributed by atoms with van der Waals surface area (Å²) in [7, 11) is 0. The van der Waals surface area contributed by atoms with Gasteiger partial charge >= 0.3 is 11.9 Å². The number of carbonyl (C=O) groups is 1. The topological polar surface area (TPSA) is 60.1 Å². The lowest BCUT2D eigenvalue weighted by molar-refractivity contribution is -0.137. The zero-order valence-electron chi connectivity index (χ0n) is 14.9. The highest BCUT2D eigenvalue weighted by Crippen LogP contribution is 2.29. The first kappa shape index (κ1) is 19.3. The van der Waals surface area contributed by atoms with Crippen molar-refractivity contribution in [2.75, 3.05) is 6.54 Å². The van der Waals surface area contributed by atoms with E-state index >= 15 is 0 Å². The van der Waals surface area contributed by atoms with Crippen LogP contribution in [-0.4, -0.2) is 31.7 Å². The van der Waals surface area contributed by atoms with E-state index in [1.54, 1.807) is 29.2 Å². The molecular weight excluding hydrogens is 409 g/mol. The average Bonchev–Trinajstić information content (AvgIpc) is 3.03. The van der Waals surface area contributed by atoms with Crippen molar-refractivity contribution in [3.8, 4) is 5.69 Å². The molecule has 2 aromatic carbocycles. The van der Waals surface area contributed by atoms with Gasteiger partial charge in [0, 0.05) is 23.7 Å². The maximum atomic E-state index is 12.7. The molecule has 0 atom stereocenters. The van der Waals surface area contributed by atoms with Crippen LogP contribution in [0.2, 0.25) is 5.02 Å². The third kappa shape index (κ3) is 3.65. The van der Waals surface area contributed by atoms with Crippen LogP contribution in [0.15, 0.2) is 53.3 Å². The Bertz CT molecular complexity index is 1140. The van der Waals surface area contributed by atoms with Crippen LogP contribution in [0, 0.1) is 0 Å². The molecule has 0 aliphatic carbocycles. The summed E-state index contributed by atoms with van der Waals surface area (Å²) in [6.45, 7) is 0.645. The second kappa shape index (κ2) is 7.07.